The summed E-state index contributed by atoms with van der Waals surface area (Å²) in [6, 6.07) is 8.01. The summed E-state index contributed by atoms with van der Waals surface area (Å²) in [5.41, 5.74) is 1.36. The maximum atomic E-state index is 12.1. The van der Waals surface area contributed by atoms with Gasteiger partial charge >= 0.3 is 5.97 Å². The van der Waals surface area contributed by atoms with Crippen LogP contribution in [0.5, 0.6) is 0 Å². The second kappa shape index (κ2) is 9.03. The summed E-state index contributed by atoms with van der Waals surface area (Å²) in [5, 5.41) is 6.30. The molecule has 0 saturated carbocycles. The van der Waals surface area contributed by atoms with Crippen molar-refractivity contribution in [2.24, 2.45) is 0 Å². The summed E-state index contributed by atoms with van der Waals surface area (Å²) >= 11 is 6.16. The van der Waals surface area contributed by atoms with Crippen molar-refractivity contribution < 1.29 is 14.3 Å². The Morgan fingerprint density at radius 2 is 2.00 bits per heavy atom. The molecule has 0 bridgehead atoms. The molecular formula is C18H20ClN3O3. The molecule has 0 aliphatic carbocycles. The monoisotopic (exact) mass is 361 g/mol. The number of pyridine rings is 1. The number of halogens is 1. The van der Waals surface area contributed by atoms with Gasteiger partial charge < -0.3 is 15.4 Å². The van der Waals surface area contributed by atoms with Gasteiger partial charge in [-0.2, -0.15) is 0 Å². The number of hydrogen-bond acceptors (Lipinski definition) is 5. The average molecular weight is 362 g/mol. The first-order chi connectivity index (χ1) is 12.0. The number of nitrogens with zero attached hydrogens (tertiary/aromatic N) is 1. The minimum Gasteiger partial charge on any atom is -0.465 e. The molecule has 0 spiro atoms. The summed E-state index contributed by atoms with van der Waals surface area (Å²) in [5.74, 6) is -0.169. The maximum absolute atomic E-state index is 12.1. The van der Waals surface area contributed by atoms with Crippen LogP contribution in [0.25, 0.3) is 0 Å². The number of methoxy groups -OCH3 is 1. The lowest BCUT2D eigenvalue weighted by Gasteiger charge is -2.10. The molecule has 1 heterocycles. The van der Waals surface area contributed by atoms with E-state index in [1.807, 2.05) is 0 Å². The highest BCUT2D eigenvalue weighted by atomic mass is 35.5. The first kappa shape index (κ1) is 18.7. The van der Waals surface area contributed by atoms with Crippen molar-refractivity contribution in [3.8, 4) is 0 Å². The third-order valence-corrected chi connectivity index (χ3v) is 3.82. The molecule has 0 radical (unpaired) electrons. The third-order valence-electron chi connectivity index (χ3n) is 3.49. The number of rotatable bonds is 7. The van der Waals surface area contributed by atoms with Crippen molar-refractivity contribution in [1.29, 1.82) is 0 Å². The highest BCUT2D eigenvalue weighted by Crippen LogP contribution is 2.26. The summed E-state index contributed by atoms with van der Waals surface area (Å²) in [4.78, 5) is 27.9. The van der Waals surface area contributed by atoms with Crippen LogP contribution in [0.2, 0.25) is 5.02 Å². The molecule has 0 unspecified atom stereocenters. The van der Waals surface area contributed by atoms with Gasteiger partial charge in [0.05, 0.1) is 23.4 Å². The minimum absolute atomic E-state index is 0.159. The number of nitrogens with one attached hydrogen (secondary N) is 2. The first-order valence-electron chi connectivity index (χ1n) is 7.94. The highest BCUT2D eigenvalue weighted by molar-refractivity contribution is 6.33. The molecule has 2 aromatic rings. The van der Waals surface area contributed by atoms with Crippen LogP contribution in [0.4, 0.5) is 11.5 Å². The predicted molar refractivity (Wildman–Crippen MR) is 97.6 cm³/mol. The molecular weight excluding hydrogens is 342 g/mol. The van der Waals surface area contributed by atoms with Gasteiger partial charge in [0.2, 0.25) is 0 Å². The Bertz CT molecular complexity index is 765. The number of amides is 1. The van der Waals surface area contributed by atoms with Crippen LogP contribution in [0.15, 0.2) is 36.5 Å². The number of esters is 1. The summed E-state index contributed by atoms with van der Waals surface area (Å²) in [6.45, 7) is 2.69. The van der Waals surface area contributed by atoms with Gasteiger partial charge in [-0.1, -0.05) is 24.9 Å². The van der Waals surface area contributed by atoms with Crippen LogP contribution in [0, 0.1) is 0 Å². The lowest BCUT2D eigenvalue weighted by Crippen LogP contribution is -2.24. The molecule has 0 saturated heterocycles. The summed E-state index contributed by atoms with van der Waals surface area (Å²) in [6.07, 6.45) is 3.48. The fourth-order valence-corrected chi connectivity index (χ4v) is 2.29. The van der Waals surface area contributed by atoms with Crippen molar-refractivity contribution in [1.82, 2.24) is 10.3 Å². The molecule has 0 aliphatic rings. The van der Waals surface area contributed by atoms with Crippen molar-refractivity contribution in [2.75, 3.05) is 19.0 Å². The van der Waals surface area contributed by atoms with E-state index >= 15 is 0 Å². The number of anilines is 2. The number of hydrogen-bond donors (Lipinski definition) is 2. The smallest absolute Gasteiger partial charge is 0.337 e. The summed E-state index contributed by atoms with van der Waals surface area (Å²) < 4.78 is 4.70. The molecule has 6 nitrogen and oxygen atoms in total. The lowest BCUT2D eigenvalue weighted by molar-refractivity contribution is 0.0600. The van der Waals surface area contributed by atoms with Gasteiger partial charge in [0.15, 0.2) is 0 Å². The molecule has 25 heavy (non-hydrogen) atoms. The number of carbonyl (C=O) groups excluding carboxylic acids is 2. The fourth-order valence-electron chi connectivity index (χ4n) is 2.12. The van der Waals surface area contributed by atoms with Crippen LogP contribution in [0.1, 0.15) is 40.5 Å². The minimum atomic E-state index is -0.461. The van der Waals surface area contributed by atoms with Crippen LogP contribution in [-0.2, 0) is 4.74 Å². The van der Waals surface area contributed by atoms with Crippen molar-refractivity contribution >= 4 is 35.0 Å². The number of ether oxygens (including phenoxy) is 1. The van der Waals surface area contributed by atoms with Crippen LogP contribution in [0.3, 0.4) is 0 Å². The Kier molecular flexibility index (Phi) is 6.77. The molecule has 7 heteroatoms. The van der Waals surface area contributed by atoms with Gasteiger partial charge in [-0.3, -0.25) is 4.79 Å². The van der Waals surface area contributed by atoms with Crippen molar-refractivity contribution in [2.45, 2.75) is 19.8 Å². The topological polar surface area (TPSA) is 80.3 Å². The molecule has 1 aromatic carbocycles. The molecule has 1 aromatic heterocycles. The van der Waals surface area contributed by atoms with E-state index in [0.717, 1.165) is 12.8 Å². The molecule has 0 atom stereocenters. The second-order valence-corrected chi connectivity index (χ2v) is 5.76. The second-order valence-electron chi connectivity index (χ2n) is 5.35. The van der Waals surface area contributed by atoms with E-state index in [4.69, 9.17) is 16.3 Å². The van der Waals surface area contributed by atoms with E-state index in [0.29, 0.717) is 34.2 Å². The molecule has 132 valence electrons. The molecule has 2 rings (SSSR count). The first-order valence-corrected chi connectivity index (χ1v) is 8.32. The van der Waals surface area contributed by atoms with E-state index in [2.05, 4.69) is 22.5 Å². The third kappa shape index (κ3) is 5.19. The number of unbranched alkanes of at least 4 members (excludes halogenated alkanes) is 1. The van der Waals surface area contributed by atoms with E-state index in [1.54, 1.807) is 30.3 Å². The molecule has 0 fully saturated rings. The SMILES string of the molecule is CCCCNC(=O)c1ccnc(Nc2cc(C(=O)OC)ccc2Cl)c1. The van der Waals surface area contributed by atoms with E-state index in [1.165, 1.54) is 13.3 Å². The van der Waals surface area contributed by atoms with Crippen LogP contribution >= 0.6 is 11.6 Å². The van der Waals surface area contributed by atoms with Crippen molar-refractivity contribution in [3.05, 3.63) is 52.7 Å². The molecule has 1 amide bonds. The Labute approximate surface area is 151 Å². The number of aromatic nitrogens is 1. The zero-order valence-electron chi connectivity index (χ0n) is 14.1. The van der Waals surface area contributed by atoms with E-state index in [9.17, 15) is 9.59 Å². The Morgan fingerprint density at radius 1 is 1.20 bits per heavy atom. The zero-order valence-corrected chi connectivity index (χ0v) is 14.9. The zero-order chi connectivity index (χ0) is 18.2. The van der Waals surface area contributed by atoms with Gasteiger partial charge in [0.1, 0.15) is 5.82 Å². The van der Waals surface area contributed by atoms with Gasteiger partial charge in [-0.05, 0) is 36.8 Å². The summed E-state index contributed by atoms with van der Waals surface area (Å²) in [7, 11) is 1.31. The standard InChI is InChI=1S/C18H20ClN3O3/c1-3-4-8-21-17(23)12-7-9-20-16(11-12)22-15-10-13(18(24)25-2)5-6-14(15)19/h5-7,9-11H,3-4,8H2,1-2H3,(H,20,22)(H,21,23). The van der Waals surface area contributed by atoms with E-state index in [-0.39, 0.29) is 5.91 Å². The molecule has 0 aliphatic heterocycles. The van der Waals surface area contributed by atoms with Crippen molar-refractivity contribution in [3.63, 3.8) is 0 Å². The lowest BCUT2D eigenvalue weighted by atomic mass is 10.2. The van der Waals surface area contributed by atoms with Gasteiger partial charge in [0, 0.05) is 18.3 Å². The Balaban J connectivity index is 2.17. The van der Waals surface area contributed by atoms with Gasteiger partial charge in [-0.25, -0.2) is 9.78 Å². The quantitative estimate of drug-likeness (QED) is 0.579. The van der Waals surface area contributed by atoms with Gasteiger partial charge in [-0.15, -0.1) is 0 Å². The molecule has 2 N–H and O–H groups in total. The normalized spacial score (nSPS) is 10.2. The largest absolute Gasteiger partial charge is 0.465 e. The Morgan fingerprint density at radius 3 is 2.72 bits per heavy atom. The maximum Gasteiger partial charge on any atom is 0.337 e. The fraction of sp³-hybridized carbons (Fsp3) is 0.278. The predicted octanol–water partition coefficient (Wildman–Crippen LogP) is 3.80. The highest BCUT2D eigenvalue weighted by Gasteiger charge is 2.11. The average Bonchev–Trinajstić information content (AvgIpc) is 2.63. The number of carbonyl (C=O) groups is 2. The number of benzene rings is 1. The van der Waals surface area contributed by atoms with Crippen LogP contribution in [-0.4, -0.2) is 30.5 Å². The Hall–Kier alpha value is -2.60. The van der Waals surface area contributed by atoms with Gasteiger partial charge in [0.25, 0.3) is 5.91 Å². The van der Waals surface area contributed by atoms with Crippen LogP contribution < -0.4 is 10.6 Å². The van der Waals surface area contributed by atoms with E-state index < -0.39 is 5.97 Å².